The normalized spacial score (nSPS) is 20.9. The zero-order valence-electron chi connectivity index (χ0n) is 10.1. The number of rotatable bonds is 4. The SMILES string of the molecule is Cc1ccc(CNC[C@H]2CCCCN2)cc1. The van der Waals surface area contributed by atoms with Gasteiger partial charge in [-0.1, -0.05) is 36.2 Å². The summed E-state index contributed by atoms with van der Waals surface area (Å²) in [5.74, 6) is 0. The van der Waals surface area contributed by atoms with Crippen LogP contribution in [-0.2, 0) is 6.54 Å². The van der Waals surface area contributed by atoms with E-state index in [1.165, 1.54) is 36.9 Å². The average molecular weight is 218 g/mol. The van der Waals surface area contributed by atoms with E-state index in [2.05, 4.69) is 41.8 Å². The summed E-state index contributed by atoms with van der Waals surface area (Å²) in [7, 11) is 0. The minimum Gasteiger partial charge on any atom is -0.313 e. The van der Waals surface area contributed by atoms with Crippen molar-refractivity contribution in [3.05, 3.63) is 35.4 Å². The Balaban J connectivity index is 1.69. The maximum absolute atomic E-state index is 3.55. The second kappa shape index (κ2) is 6.02. The molecule has 1 aromatic carbocycles. The van der Waals surface area contributed by atoms with E-state index in [9.17, 15) is 0 Å². The van der Waals surface area contributed by atoms with E-state index in [0.29, 0.717) is 6.04 Å². The average Bonchev–Trinajstić information content (AvgIpc) is 2.33. The van der Waals surface area contributed by atoms with Crippen molar-refractivity contribution < 1.29 is 0 Å². The Morgan fingerprint density at radius 3 is 2.75 bits per heavy atom. The van der Waals surface area contributed by atoms with Gasteiger partial charge < -0.3 is 10.6 Å². The van der Waals surface area contributed by atoms with Crippen molar-refractivity contribution in [2.45, 2.75) is 38.8 Å². The molecule has 88 valence electrons. The van der Waals surface area contributed by atoms with Gasteiger partial charge in [0.25, 0.3) is 0 Å². The lowest BCUT2D eigenvalue weighted by Gasteiger charge is -2.23. The van der Waals surface area contributed by atoms with Crippen LogP contribution in [0.3, 0.4) is 0 Å². The molecular weight excluding hydrogens is 196 g/mol. The first-order valence-electron chi connectivity index (χ1n) is 6.34. The number of aryl methyl sites for hydroxylation is 1. The molecular formula is C14H22N2. The third-order valence-corrected chi connectivity index (χ3v) is 3.25. The van der Waals surface area contributed by atoms with Crippen LogP contribution in [0.4, 0.5) is 0 Å². The van der Waals surface area contributed by atoms with Crippen molar-refractivity contribution in [3.63, 3.8) is 0 Å². The molecule has 0 spiro atoms. The Bertz CT molecular complexity index is 299. The van der Waals surface area contributed by atoms with Crippen molar-refractivity contribution in [3.8, 4) is 0 Å². The predicted molar refractivity (Wildman–Crippen MR) is 68.5 cm³/mol. The molecule has 2 nitrogen and oxygen atoms in total. The summed E-state index contributed by atoms with van der Waals surface area (Å²) >= 11 is 0. The monoisotopic (exact) mass is 218 g/mol. The van der Waals surface area contributed by atoms with E-state index in [1.54, 1.807) is 0 Å². The number of nitrogens with one attached hydrogen (secondary N) is 2. The van der Waals surface area contributed by atoms with E-state index < -0.39 is 0 Å². The molecule has 1 aliphatic heterocycles. The van der Waals surface area contributed by atoms with Crippen LogP contribution in [0, 0.1) is 6.92 Å². The summed E-state index contributed by atoms with van der Waals surface area (Å²) in [6.07, 6.45) is 4.04. The van der Waals surface area contributed by atoms with Crippen molar-refractivity contribution in [2.75, 3.05) is 13.1 Å². The zero-order chi connectivity index (χ0) is 11.2. The highest BCUT2D eigenvalue weighted by Gasteiger charge is 2.11. The Morgan fingerprint density at radius 2 is 2.06 bits per heavy atom. The van der Waals surface area contributed by atoms with Gasteiger partial charge in [0, 0.05) is 19.1 Å². The molecule has 0 radical (unpaired) electrons. The van der Waals surface area contributed by atoms with Gasteiger partial charge >= 0.3 is 0 Å². The first-order valence-corrected chi connectivity index (χ1v) is 6.34. The second-order valence-electron chi connectivity index (χ2n) is 4.76. The fourth-order valence-corrected chi connectivity index (χ4v) is 2.19. The summed E-state index contributed by atoms with van der Waals surface area (Å²) in [6, 6.07) is 9.44. The molecule has 0 aliphatic carbocycles. The Morgan fingerprint density at radius 1 is 1.25 bits per heavy atom. The first kappa shape index (κ1) is 11.6. The van der Waals surface area contributed by atoms with Crippen LogP contribution in [0.25, 0.3) is 0 Å². The molecule has 1 heterocycles. The lowest BCUT2D eigenvalue weighted by atomic mass is 10.1. The predicted octanol–water partition coefficient (Wildman–Crippen LogP) is 2.23. The van der Waals surface area contributed by atoms with Crippen LogP contribution in [0.2, 0.25) is 0 Å². The van der Waals surface area contributed by atoms with Crippen molar-refractivity contribution in [1.29, 1.82) is 0 Å². The molecule has 1 atom stereocenters. The van der Waals surface area contributed by atoms with Gasteiger partial charge in [-0.15, -0.1) is 0 Å². The fraction of sp³-hybridized carbons (Fsp3) is 0.571. The van der Waals surface area contributed by atoms with Crippen molar-refractivity contribution >= 4 is 0 Å². The molecule has 1 saturated heterocycles. The standard InChI is InChI=1S/C14H22N2/c1-12-5-7-13(8-6-12)10-15-11-14-4-2-3-9-16-14/h5-8,14-16H,2-4,9-11H2,1H3/t14-/m1/s1. The van der Waals surface area contributed by atoms with Gasteiger partial charge in [0.05, 0.1) is 0 Å². The summed E-state index contributed by atoms with van der Waals surface area (Å²) < 4.78 is 0. The molecule has 1 aliphatic rings. The molecule has 0 amide bonds. The Labute approximate surface area is 98.4 Å². The van der Waals surface area contributed by atoms with Crippen LogP contribution >= 0.6 is 0 Å². The molecule has 2 heteroatoms. The molecule has 16 heavy (non-hydrogen) atoms. The van der Waals surface area contributed by atoms with Gasteiger partial charge in [0.1, 0.15) is 0 Å². The van der Waals surface area contributed by atoms with Crippen molar-refractivity contribution in [2.24, 2.45) is 0 Å². The molecule has 0 unspecified atom stereocenters. The summed E-state index contributed by atoms with van der Waals surface area (Å²) in [5, 5.41) is 7.08. The van der Waals surface area contributed by atoms with E-state index in [1.807, 2.05) is 0 Å². The van der Waals surface area contributed by atoms with Gasteiger partial charge in [0.2, 0.25) is 0 Å². The van der Waals surface area contributed by atoms with Crippen LogP contribution in [0.5, 0.6) is 0 Å². The third-order valence-electron chi connectivity index (χ3n) is 3.25. The van der Waals surface area contributed by atoms with Gasteiger partial charge in [-0.3, -0.25) is 0 Å². The van der Waals surface area contributed by atoms with Gasteiger partial charge in [-0.25, -0.2) is 0 Å². The topological polar surface area (TPSA) is 24.1 Å². The number of benzene rings is 1. The van der Waals surface area contributed by atoms with Crippen LogP contribution in [-0.4, -0.2) is 19.1 Å². The summed E-state index contributed by atoms with van der Waals surface area (Å²) in [6.45, 7) is 5.40. The fourth-order valence-electron chi connectivity index (χ4n) is 2.19. The van der Waals surface area contributed by atoms with E-state index in [-0.39, 0.29) is 0 Å². The van der Waals surface area contributed by atoms with E-state index in [4.69, 9.17) is 0 Å². The highest BCUT2D eigenvalue weighted by atomic mass is 15.0. The quantitative estimate of drug-likeness (QED) is 0.810. The Hall–Kier alpha value is -0.860. The number of hydrogen-bond donors (Lipinski definition) is 2. The molecule has 0 aromatic heterocycles. The van der Waals surface area contributed by atoms with E-state index in [0.717, 1.165) is 13.1 Å². The molecule has 2 N–H and O–H groups in total. The van der Waals surface area contributed by atoms with Crippen LogP contribution < -0.4 is 10.6 Å². The maximum Gasteiger partial charge on any atom is 0.0206 e. The lowest BCUT2D eigenvalue weighted by Crippen LogP contribution is -2.41. The molecule has 1 fully saturated rings. The van der Waals surface area contributed by atoms with Crippen LogP contribution in [0.1, 0.15) is 30.4 Å². The number of piperidine rings is 1. The minimum absolute atomic E-state index is 0.680. The second-order valence-corrected chi connectivity index (χ2v) is 4.76. The summed E-state index contributed by atoms with van der Waals surface area (Å²) in [4.78, 5) is 0. The number of hydrogen-bond acceptors (Lipinski definition) is 2. The lowest BCUT2D eigenvalue weighted by molar-refractivity contribution is 0.383. The molecule has 2 rings (SSSR count). The third kappa shape index (κ3) is 3.62. The highest BCUT2D eigenvalue weighted by Crippen LogP contribution is 2.06. The first-order chi connectivity index (χ1) is 7.84. The van der Waals surface area contributed by atoms with Crippen molar-refractivity contribution in [1.82, 2.24) is 10.6 Å². The van der Waals surface area contributed by atoms with Gasteiger partial charge in [-0.05, 0) is 31.9 Å². The molecule has 0 saturated carbocycles. The highest BCUT2D eigenvalue weighted by molar-refractivity contribution is 5.21. The minimum atomic E-state index is 0.680. The molecule has 0 bridgehead atoms. The summed E-state index contributed by atoms with van der Waals surface area (Å²) in [5.41, 5.74) is 2.71. The maximum atomic E-state index is 3.55. The smallest absolute Gasteiger partial charge is 0.0206 e. The zero-order valence-corrected chi connectivity index (χ0v) is 10.1. The largest absolute Gasteiger partial charge is 0.313 e. The molecule has 1 aromatic rings. The van der Waals surface area contributed by atoms with Crippen LogP contribution in [0.15, 0.2) is 24.3 Å². The van der Waals surface area contributed by atoms with Gasteiger partial charge in [0.15, 0.2) is 0 Å². The van der Waals surface area contributed by atoms with E-state index >= 15 is 0 Å². The Kier molecular flexibility index (Phi) is 4.37. The van der Waals surface area contributed by atoms with Gasteiger partial charge in [-0.2, -0.15) is 0 Å².